The van der Waals surface area contributed by atoms with Gasteiger partial charge in [0.2, 0.25) is 10.0 Å². The SMILES string of the molecule is CCNS(=O)(=O)c1ccc(C(=O)N2CCCC(NC)C2)cc1. The van der Waals surface area contributed by atoms with Gasteiger partial charge < -0.3 is 10.2 Å². The van der Waals surface area contributed by atoms with Crippen molar-refractivity contribution < 1.29 is 13.2 Å². The topological polar surface area (TPSA) is 78.5 Å². The molecule has 0 spiro atoms. The van der Waals surface area contributed by atoms with Crippen LogP contribution in [0.2, 0.25) is 0 Å². The second kappa shape index (κ2) is 7.21. The van der Waals surface area contributed by atoms with Crippen molar-refractivity contribution in [1.29, 1.82) is 0 Å². The van der Waals surface area contributed by atoms with Crippen LogP contribution in [-0.4, -0.2) is 51.9 Å². The Morgan fingerprint density at radius 3 is 2.59 bits per heavy atom. The van der Waals surface area contributed by atoms with Gasteiger partial charge in [-0.15, -0.1) is 0 Å². The number of piperidine rings is 1. The van der Waals surface area contributed by atoms with Crippen LogP contribution in [0.1, 0.15) is 30.1 Å². The molecule has 0 saturated carbocycles. The number of rotatable bonds is 5. The third-order valence-electron chi connectivity index (χ3n) is 3.86. The van der Waals surface area contributed by atoms with Gasteiger partial charge in [-0.25, -0.2) is 13.1 Å². The van der Waals surface area contributed by atoms with Crippen LogP contribution in [0.15, 0.2) is 29.2 Å². The number of sulfonamides is 1. The molecule has 0 aromatic heterocycles. The van der Waals surface area contributed by atoms with Crippen molar-refractivity contribution in [1.82, 2.24) is 14.9 Å². The van der Waals surface area contributed by atoms with Crippen LogP contribution in [0.4, 0.5) is 0 Å². The van der Waals surface area contributed by atoms with Crippen LogP contribution >= 0.6 is 0 Å². The average Bonchev–Trinajstić information content (AvgIpc) is 2.54. The van der Waals surface area contributed by atoms with Crippen molar-refractivity contribution in [3.8, 4) is 0 Å². The fourth-order valence-corrected chi connectivity index (χ4v) is 3.67. The van der Waals surface area contributed by atoms with E-state index in [1.807, 2.05) is 11.9 Å². The summed E-state index contributed by atoms with van der Waals surface area (Å²) < 4.78 is 26.2. The molecule has 7 heteroatoms. The molecule has 1 amide bonds. The lowest BCUT2D eigenvalue weighted by Gasteiger charge is -2.32. The molecule has 2 rings (SSSR count). The Kier molecular flexibility index (Phi) is 5.55. The van der Waals surface area contributed by atoms with Crippen molar-refractivity contribution in [2.75, 3.05) is 26.7 Å². The summed E-state index contributed by atoms with van der Waals surface area (Å²) in [6.45, 7) is 3.49. The lowest BCUT2D eigenvalue weighted by atomic mass is 10.0. The van der Waals surface area contributed by atoms with Gasteiger partial charge in [0.1, 0.15) is 0 Å². The molecule has 1 aromatic carbocycles. The molecule has 0 aliphatic carbocycles. The Bertz CT molecular complexity index is 613. The van der Waals surface area contributed by atoms with Crippen LogP contribution in [0, 0.1) is 0 Å². The second-order valence-electron chi connectivity index (χ2n) is 5.40. The van der Waals surface area contributed by atoms with Gasteiger partial charge >= 0.3 is 0 Å². The third-order valence-corrected chi connectivity index (χ3v) is 5.42. The standard InChI is InChI=1S/C15H23N3O3S/c1-3-17-22(20,21)14-8-6-12(7-9-14)15(19)18-10-4-5-13(11-18)16-2/h6-9,13,16-17H,3-5,10-11H2,1-2H3. The number of hydrogen-bond acceptors (Lipinski definition) is 4. The van der Waals surface area contributed by atoms with Gasteiger partial charge in [-0.1, -0.05) is 6.92 Å². The van der Waals surface area contributed by atoms with E-state index in [4.69, 9.17) is 0 Å². The molecule has 0 bridgehead atoms. The van der Waals surface area contributed by atoms with Crippen LogP contribution < -0.4 is 10.0 Å². The lowest BCUT2D eigenvalue weighted by molar-refractivity contribution is 0.0698. The minimum absolute atomic E-state index is 0.0488. The largest absolute Gasteiger partial charge is 0.337 e. The number of likely N-dealkylation sites (N-methyl/N-ethyl adjacent to an activating group) is 1. The predicted molar refractivity (Wildman–Crippen MR) is 85.3 cm³/mol. The van der Waals surface area contributed by atoms with E-state index in [2.05, 4.69) is 10.0 Å². The summed E-state index contributed by atoms with van der Waals surface area (Å²) in [5.74, 6) is -0.0488. The Labute approximate surface area is 131 Å². The van der Waals surface area contributed by atoms with E-state index in [-0.39, 0.29) is 10.8 Å². The first kappa shape index (κ1) is 16.9. The van der Waals surface area contributed by atoms with Gasteiger partial charge in [-0.2, -0.15) is 0 Å². The van der Waals surface area contributed by atoms with Crippen molar-refractivity contribution >= 4 is 15.9 Å². The van der Waals surface area contributed by atoms with Crippen molar-refractivity contribution in [3.63, 3.8) is 0 Å². The minimum atomic E-state index is -3.48. The molecule has 1 aromatic rings. The van der Waals surface area contributed by atoms with Crippen molar-refractivity contribution in [3.05, 3.63) is 29.8 Å². The maximum atomic E-state index is 12.5. The summed E-state index contributed by atoms with van der Waals surface area (Å²) in [6, 6.07) is 6.44. The minimum Gasteiger partial charge on any atom is -0.337 e. The number of carbonyl (C=O) groups excluding carboxylic acids is 1. The summed E-state index contributed by atoms with van der Waals surface area (Å²) in [5.41, 5.74) is 0.521. The second-order valence-corrected chi connectivity index (χ2v) is 7.17. The molecular weight excluding hydrogens is 302 g/mol. The quantitative estimate of drug-likeness (QED) is 0.840. The summed E-state index contributed by atoms with van der Waals surface area (Å²) in [7, 11) is -1.57. The lowest BCUT2D eigenvalue weighted by Crippen LogP contribution is -2.46. The summed E-state index contributed by atoms with van der Waals surface area (Å²) in [6.07, 6.45) is 2.05. The molecule has 1 fully saturated rings. The van der Waals surface area contributed by atoms with Crippen LogP contribution in [0.3, 0.4) is 0 Å². The fourth-order valence-electron chi connectivity index (χ4n) is 2.63. The summed E-state index contributed by atoms with van der Waals surface area (Å²) >= 11 is 0. The molecule has 1 unspecified atom stereocenters. The molecule has 1 atom stereocenters. The Morgan fingerprint density at radius 1 is 1.32 bits per heavy atom. The van der Waals surface area contributed by atoms with Gasteiger partial charge in [0, 0.05) is 31.2 Å². The average molecular weight is 325 g/mol. The van der Waals surface area contributed by atoms with E-state index in [9.17, 15) is 13.2 Å². The van der Waals surface area contributed by atoms with Gasteiger partial charge in [0.15, 0.2) is 0 Å². The van der Waals surface area contributed by atoms with E-state index in [1.54, 1.807) is 19.1 Å². The maximum absolute atomic E-state index is 12.5. The number of likely N-dealkylation sites (tertiary alicyclic amines) is 1. The zero-order valence-electron chi connectivity index (χ0n) is 13.0. The first-order chi connectivity index (χ1) is 10.5. The Hall–Kier alpha value is -1.44. The monoisotopic (exact) mass is 325 g/mol. The van der Waals surface area contributed by atoms with E-state index in [1.165, 1.54) is 12.1 Å². The van der Waals surface area contributed by atoms with Crippen LogP contribution in [0.25, 0.3) is 0 Å². The Morgan fingerprint density at radius 2 is 2.00 bits per heavy atom. The molecule has 0 radical (unpaired) electrons. The summed E-state index contributed by atoms with van der Waals surface area (Å²) in [5, 5.41) is 3.20. The van der Waals surface area contributed by atoms with Crippen molar-refractivity contribution in [2.24, 2.45) is 0 Å². The molecule has 6 nitrogen and oxygen atoms in total. The highest BCUT2D eigenvalue weighted by atomic mass is 32.2. The third kappa shape index (κ3) is 3.85. The first-order valence-corrected chi connectivity index (χ1v) is 9.02. The van der Waals surface area contributed by atoms with Gasteiger partial charge in [-0.05, 0) is 44.2 Å². The maximum Gasteiger partial charge on any atom is 0.253 e. The van der Waals surface area contributed by atoms with Crippen LogP contribution in [0.5, 0.6) is 0 Å². The van der Waals surface area contributed by atoms with E-state index in [0.29, 0.717) is 24.7 Å². The zero-order valence-corrected chi connectivity index (χ0v) is 13.8. The highest BCUT2D eigenvalue weighted by molar-refractivity contribution is 7.89. The number of nitrogens with one attached hydrogen (secondary N) is 2. The van der Waals surface area contributed by atoms with E-state index < -0.39 is 10.0 Å². The molecule has 122 valence electrons. The fraction of sp³-hybridized carbons (Fsp3) is 0.533. The predicted octanol–water partition coefficient (Wildman–Crippen LogP) is 0.809. The van der Waals surface area contributed by atoms with Gasteiger partial charge in [0.25, 0.3) is 5.91 Å². The molecular formula is C15H23N3O3S. The number of nitrogens with zero attached hydrogens (tertiary/aromatic N) is 1. The molecule has 1 heterocycles. The number of carbonyl (C=O) groups is 1. The van der Waals surface area contributed by atoms with Crippen molar-refractivity contribution in [2.45, 2.75) is 30.7 Å². The highest BCUT2D eigenvalue weighted by Gasteiger charge is 2.23. The highest BCUT2D eigenvalue weighted by Crippen LogP contribution is 2.16. The molecule has 1 aliphatic rings. The zero-order chi connectivity index (χ0) is 16.2. The van der Waals surface area contributed by atoms with E-state index >= 15 is 0 Å². The first-order valence-electron chi connectivity index (χ1n) is 7.54. The smallest absolute Gasteiger partial charge is 0.253 e. The number of benzene rings is 1. The number of hydrogen-bond donors (Lipinski definition) is 2. The van der Waals surface area contributed by atoms with Gasteiger partial charge in [-0.3, -0.25) is 4.79 Å². The molecule has 1 saturated heterocycles. The molecule has 1 aliphatic heterocycles. The summed E-state index contributed by atoms with van der Waals surface area (Å²) in [4.78, 5) is 14.5. The van der Waals surface area contributed by atoms with Crippen LogP contribution in [-0.2, 0) is 10.0 Å². The van der Waals surface area contributed by atoms with Gasteiger partial charge in [0.05, 0.1) is 4.90 Å². The van der Waals surface area contributed by atoms with E-state index in [0.717, 1.165) is 19.4 Å². The molecule has 22 heavy (non-hydrogen) atoms. The Balaban J connectivity index is 2.11. The molecule has 2 N–H and O–H groups in total. The number of amides is 1. The normalized spacial score (nSPS) is 19.2.